The number of halogens is 2. The zero-order valence-corrected chi connectivity index (χ0v) is 14.4. The number of alkyl halides is 1. The Morgan fingerprint density at radius 3 is 2.89 bits per heavy atom. The lowest BCUT2D eigenvalue weighted by molar-refractivity contribution is 0.0702. The number of likely N-dealkylation sites (tertiary alicyclic amines) is 1. The van der Waals surface area contributed by atoms with Gasteiger partial charge in [-0.3, -0.25) is 4.79 Å². The number of phenolic OH excluding ortho intramolecular Hbond substituents is 1. The van der Waals surface area contributed by atoms with Gasteiger partial charge in [0, 0.05) is 23.5 Å². The zero-order valence-electron chi connectivity index (χ0n) is 10.6. The van der Waals surface area contributed by atoms with Crippen molar-refractivity contribution in [2.24, 2.45) is 0 Å². The predicted octanol–water partition coefficient (Wildman–Crippen LogP) is 3.78. The van der Waals surface area contributed by atoms with Crippen molar-refractivity contribution >= 4 is 44.4 Å². The summed E-state index contributed by atoms with van der Waals surface area (Å²) in [5, 5.41) is 10.6. The van der Waals surface area contributed by atoms with Crippen molar-refractivity contribution < 1.29 is 9.90 Å². The van der Waals surface area contributed by atoms with Gasteiger partial charge in [0.05, 0.1) is 3.57 Å². The Bertz CT molecular complexity index is 467. The number of hydrogen-bond donors (Lipinski definition) is 1. The summed E-state index contributed by atoms with van der Waals surface area (Å²) in [7, 11) is 0. The lowest BCUT2D eigenvalue weighted by Gasteiger charge is -2.29. The van der Waals surface area contributed by atoms with Gasteiger partial charge in [-0.15, -0.1) is 0 Å². The van der Waals surface area contributed by atoms with E-state index < -0.39 is 0 Å². The van der Waals surface area contributed by atoms with E-state index in [1.54, 1.807) is 18.2 Å². The lowest BCUT2D eigenvalue weighted by atomic mass is 10.1. The molecular weight excluding hydrogens is 421 g/mol. The van der Waals surface area contributed by atoms with Crippen LogP contribution in [0.4, 0.5) is 0 Å². The van der Waals surface area contributed by atoms with Crippen LogP contribution in [0, 0.1) is 3.57 Å². The second-order valence-electron chi connectivity index (χ2n) is 4.82. The van der Waals surface area contributed by atoms with E-state index in [1.807, 2.05) is 4.90 Å². The van der Waals surface area contributed by atoms with E-state index in [9.17, 15) is 9.90 Å². The van der Waals surface area contributed by atoms with Crippen molar-refractivity contribution in [2.75, 3.05) is 11.9 Å². The summed E-state index contributed by atoms with van der Waals surface area (Å²) in [6.07, 6.45) is 4.47. The van der Waals surface area contributed by atoms with Crippen molar-refractivity contribution in [3.05, 3.63) is 27.3 Å². The fourth-order valence-corrected chi connectivity index (χ4v) is 3.43. The maximum Gasteiger partial charge on any atom is 0.254 e. The van der Waals surface area contributed by atoms with E-state index in [4.69, 9.17) is 0 Å². The summed E-state index contributed by atoms with van der Waals surface area (Å²) in [4.78, 5) is 14.5. The summed E-state index contributed by atoms with van der Waals surface area (Å²) >= 11 is 5.56. The second kappa shape index (κ2) is 6.92. The summed E-state index contributed by atoms with van der Waals surface area (Å²) in [5.41, 5.74) is 0.575. The van der Waals surface area contributed by atoms with Crippen LogP contribution in [-0.2, 0) is 0 Å². The average Bonchev–Trinajstić information content (AvgIpc) is 2.66. The third kappa shape index (κ3) is 3.62. The molecular formula is C14H17BrINO2. The van der Waals surface area contributed by atoms with Gasteiger partial charge in [-0.05, 0) is 53.6 Å². The van der Waals surface area contributed by atoms with Crippen molar-refractivity contribution in [3.8, 4) is 5.75 Å². The Morgan fingerprint density at radius 1 is 1.42 bits per heavy atom. The number of hydrogen-bond acceptors (Lipinski definition) is 2. The SMILES string of the molecule is O=C(c1ccc(I)c(O)c1)N1CCCCCC1CBr. The molecule has 1 aromatic carbocycles. The van der Waals surface area contributed by atoms with Crippen LogP contribution in [0.15, 0.2) is 18.2 Å². The Hall–Kier alpha value is -0.300. The number of carbonyl (C=O) groups is 1. The number of aromatic hydroxyl groups is 1. The first kappa shape index (κ1) is 15.1. The first-order valence-electron chi connectivity index (χ1n) is 6.49. The molecule has 3 nitrogen and oxygen atoms in total. The first-order valence-corrected chi connectivity index (χ1v) is 8.69. The van der Waals surface area contributed by atoms with Crippen LogP contribution in [0.3, 0.4) is 0 Å². The van der Waals surface area contributed by atoms with Gasteiger partial charge in [-0.2, -0.15) is 0 Å². The minimum absolute atomic E-state index is 0.0260. The second-order valence-corrected chi connectivity index (χ2v) is 6.63. The molecule has 1 heterocycles. The monoisotopic (exact) mass is 437 g/mol. The fourth-order valence-electron chi connectivity index (χ4n) is 2.42. The molecule has 0 aliphatic carbocycles. The Kier molecular flexibility index (Phi) is 5.50. The normalized spacial score (nSPS) is 20.1. The number of phenols is 1. The molecule has 2 rings (SSSR count). The quantitative estimate of drug-likeness (QED) is 0.565. The number of rotatable bonds is 2. The van der Waals surface area contributed by atoms with Crippen LogP contribution < -0.4 is 0 Å². The molecule has 104 valence electrons. The molecule has 19 heavy (non-hydrogen) atoms. The van der Waals surface area contributed by atoms with E-state index in [1.165, 1.54) is 12.8 Å². The molecule has 0 bridgehead atoms. The van der Waals surface area contributed by atoms with Crippen LogP contribution >= 0.6 is 38.5 Å². The largest absolute Gasteiger partial charge is 0.507 e. The van der Waals surface area contributed by atoms with Gasteiger partial charge in [0.1, 0.15) is 5.75 Å². The van der Waals surface area contributed by atoms with Gasteiger partial charge < -0.3 is 10.0 Å². The molecule has 1 unspecified atom stereocenters. The molecule has 1 aliphatic rings. The highest BCUT2D eigenvalue weighted by Crippen LogP contribution is 2.24. The van der Waals surface area contributed by atoms with Crippen molar-refractivity contribution in [2.45, 2.75) is 31.7 Å². The molecule has 1 aliphatic heterocycles. The van der Waals surface area contributed by atoms with Gasteiger partial charge >= 0.3 is 0 Å². The summed E-state index contributed by atoms with van der Waals surface area (Å²) < 4.78 is 0.766. The van der Waals surface area contributed by atoms with Gasteiger partial charge in [-0.25, -0.2) is 0 Å². The number of amides is 1. The van der Waals surface area contributed by atoms with E-state index in [2.05, 4.69) is 38.5 Å². The number of nitrogens with zero attached hydrogens (tertiary/aromatic N) is 1. The Balaban J connectivity index is 2.22. The van der Waals surface area contributed by atoms with Crippen LogP contribution in [0.2, 0.25) is 0 Å². The van der Waals surface area contributed by atoms with Gasteiger partial charge in [0.25, 0.3) is 5.91 Å². The summed E-state index contributed by atoms with van der Waals surface area (Å²) in [6, 6.07) is 5.40. The first-order chi connectivity index (χ1) is 9.13. The lowest BCUT2D eigenvalue weighted by Crippen LogP contribution is -2.41. The topological polar surface area (TPSA) is 40.5 Å². The standard InChI is InChI=1S/C14H17BrINO2/c15-9-11-4-2-1-3-7-17(11)14(19)10-5-6-12(16)13(18)8-10/h5-6,8,11,18H,1-4,7,9H2. The van der Waals surface area contributed by atoms with E-state index in [0.29, 0.717) is 5.56 Å². The van der Waals surface area contributed by atoms with Crippen molar-refractivity contribution in [3.63, 3.8) is 0 Å². The van der Waals surface area contributed by atoms with E-state index >= 15 is 0 Å². The molecule has 1 aromatic rings. The molecule has 1 fully saturated rings. The predicted molar refractivity (Wildman–Crippen MR) is 87.9 cm³/mol. The van der Waals surface area contributed by atoms with Crippen LogP contribution in [-0.4, -0.2) is 33.8 Å². The highest BCUT2D eigenvalue weighted by atomic mass is 127. The van der Waals surface area contributed by atoms with E-state index in [0.717, 1.165) is 28.3 Å². The smallest absolute Gasteiger partial charge is 0.254 e. The molecule has 0 radical (unpaired) electrons. The molecule has 1 amide bonds. The van der Waals surface area contributed by atoms with Crippen molar-refractivity contribution in [1.82, 2.24) is 4.90 Å². The molecule has 0 saturated carbocycles. The maximum absolute atomic E-state index is 12.6. The van der Waals surface area contributed by atoms with Gasteiger partial charge in [0.2, 0.25) is 0 Å². The molecule has 1 N–H and O–H groups in total. The molecule has 1 atom stereocenters. The Labute approximate surface area is 135 Å². The third-order valence-electron chi connectivity index (χ3n) is 3.51. The van der Waals surface area contributed by atoms with Crippen LogP contribution in [0.25, 0.3) is 0 Å². The van der Waals surface area contributed by atoms with Gasteiger partial charge in [0.15, 0.2) is 0 Å². The minimum atomic E-state index is 0.0260. The molecule has 1 saturated heterocycles. The van der Waals surface area contributed by atoms with Crippen molar-refractivity contribution in [1.29, 1.82) is 0 Å². The number of carbonyl (C=O) groups excluding carboxylic acids is 1. The third-order valence-corrected chi connectivity index (χ3v) is 5.17. The summed E-state index contributed by atoms with van der Waals surface area (Å²) in [6.45, 7) is 0.807. The Morgan fingerprint density at radius 2 is 2.21 bits per heavy atom. The van der Waals surface area contributed by atoms with E-state index in [-0.39, 0.29) is 17.7 Å². The average molecular weight is 438 g/mol. The molecule has 0 spiro atoms. The highest BCUT2D eigenvalue weighted by molar-refractivity contribution is 14.1. The minimum Gasteiger partial charge on any atom is -0.507 e. The van der Waals surface area contributed by atoms with Crippen LogP contribution in [0.1, 0.15) is 36.0 Å². The highest BCUT2D eigenvalue weighted by Gasteiger charge is 2.25. The van der Waals surface area contributed by atoms with Gasteiger partial charge in [-0.1, -0.05) is 28.8 Å². The molecule has 5 heteroatoms. The number of benzene rings is 1. The zero-order chi connectivity index (χ0) is 13.8. The fraction of sp³-hybridized carbons (Fsp3) is 0.500. The molecule has 0 aromatic heterocycles. The maximum atomic E-state index is 12.6. The van der Waals surface area contributed by atoms with Crippen LogP contribution in [0.5, 0.6) is 5.75 Å². The summed E-state index contributed by atoms with van der Waals surface area (Å²) in [5.74, 6) is 0.203.